The van der Waals surface area contributed by atoms with Gasteiger partial charge in [0.1, 0.15) is 11.3 Å². The first-order chi connectivity index (χ1) is 13.7. The number of amides is 1. The number of anilines is 2. The lowest BCUT2D eigenvalue weighted by Gasteiger charge is -2.32. The van der Waals surface area contributed by atoms with Gasteiger partial charge in [-0.2, -0.15) is 18.3 Å². The second kappa shape index (κ2) is 8.19. The van der Waals surface area contributed by atoms with Crippen LogP contribution in [-0.2, 0) is 6.18 Å². The summed E-state index contributed by atoms with van der Waals surface area (Å²) in [5.74, 6) is -0.683. The van der Waals surface area contributed by atoms with Gasteiger partial charge in [0.2, 0.25) is 0 Å². The van der Waals surface area contributed by atoms with Crippen LogP contribution in [0.5, 0.6) is 0 Å². The Morgan fingerprint density at radius 3 is 2.76 bits per heavy atom. The lowest BCUT2D eigenvalue weighted by molar-refractivity contribution is -0.141. The van der Waals surface area contributed by atoms with Crippen LogP contribution >= 0.6 is 0 Å². The van der Waals surface area contributed by atoms with Crippen molar-refractivity contribution in [2.24, 2.45) is 16.6 Å². The highest BCUT2D eigenvalue weighted by atomic mass is 19.4. The highest BCUT2D eigenvalue weighted by Crippen LogP contribution is 2.34. The number of primary amides is 1. The number of halogens is 3. The molecular weight excluding hydrogens is 389 g/mol. The molecule has 0 radical (unpaired) electrons. The van der Waals surface area contributed by atoms with Gasteiger partial charge in [-0.15, -0.1) is 0 Å². The Labute approximate surface area is 164 Å². The number of pyridine rings is 1. The largest absolute Gasteiger partial charge is 0.433 e. The monoisotopic (exact) mass is 410 g/mol. The smallest absolute Gasteiger partial charge is 0.393 e. The molecule has 8 nitrogen and oxygen atoms in total. The molecule has 3 rings (SSSR count). The van der Waals surface area contributed by atoms with E-state index in [9.17, 15) is 23.1 Å². The Hall–Kier alpha value is -2.95. The van der Waals surface area contributed by atoms with Crippen LogP contribution < -0.4 is 11.1 Å². The van der Waals surface area contributed by atoms with Gasteiger partial charge in [-0.05, 0) is 31.4 Å². The molecule has 156 valence electrons. The quantitative estimate of drug-likeness (QED) is 0.655. The number of aliphatic hydroxyl groups is 1. The number of nitrogens with two attached hydrogens (primary N) is 1. The van der Waals surface area contributed by atoms with Crippen molar-refractivity contribution in [2.45, 2.75) is 37.6 Å². The van der Waals surface area contributed by atoms with Crippen molar-refractivity contribution in [3.63, 3.8) is 0 Å². The second-order valence-corrected chi connectivity index (χ2v) is 6.90. The first kappa shape index (κ1) is 20.8. The Morgan fingerprint density at radius 1 is 1.41 bits per heavy atom. The molecule has 1 aliphatic rings. The van der Waals surface area contributed by atoms with E-state index in [4.69, 9.17) is 5.73 Å². The zero-order valence-corrected chi connectivity index (χ0v) is 15.6. The number of aliphatic hydroxyl groups excluding tert-OH is 1. The van der Waals surface area contributed by atoms with Gasteiger partial charge in [0.15, 0.2) is 5.82 Å². The molecule has 0 unspecified atom stereocenters. The molecule has 0 aliphatic heterocycles. The van der Waals surface area contributed by atoms with Crippen molar-refractivity contribution in [3.8, 4) is 0 Å². The number of nitrogens with zero attached hydrogens (tertiary/aromatic N) is 4. The number of carbonyl (C=O) groups is 1. The maximum absolute atomic E-state index is 12.7. The van der Waals surface area contributed by atoms with Gasteiger partial charge in [-0.25, -0.2) is 4.98 Å². The zero-order valence-electron chi connectivity index (χ0n) is 15.6. The summed E-state index contributed by atoms with van der Waals surface area (Å²) in [6.45, 7) is 0. The molecule has 0 bridgehead atoms. The third kappa shape index (κ3) is 4.73. The Balaban J connectivity index is 1.88. The number of rotatable bonds is 5. The van der Waals surface area contributed by atoms with Crippen molar-refractivity contribution >= 4 is 23.6 Å². The fourth-order valence-electron chi connectivity index (χ4n) is 3.45. The third-order valence-corrected chi connectivity index (χ3v) is 4.83. The number of nitrogens with one attached hydrogen (secondary N) is 1. The summed E-state index contributed by atoms with van der Waals surface area (Å²) < 4.78 is 39.6. The van der Waals surface area contributed by atoms with E-state index in [1.165, 1.54) is 12.3 Å². The topological polar surface area (TPSA) is 118 Å². The first-order valence-electron chi connectivity index (χ1n) is 8.98. The molecule has 11 heteroatoms. The molecule has 29 heavy (non-hydrogen) atoms. The minimum Gasteiger partial charge on any atom is -0.393 e. The van der Waals surface area contributed by atoms with Crippen LogP contribution in [0.25, 0.3) is 0 Å². The molecule has 1 fully saturated rings. The van der Waals surface area contributed by atoms with Crippen LogP contribution in [0.2, 0.25) is 0 Å². The van der Waals surface area contributed by atoms with Crippen molar-refractivity contribution in [1.82, 2.24) is 14.8 Å². The molecule has 1 amide bonds. The number of aromatic nitrogens is 3. The van der Waals surface area contributed by atoms with E-state index < -0.39 is 23.9 Å². The fraction of sp³-hybridized carbons (Fsp3) is 0.444. The van der Waals surface area contributed by atoms with Gasteiger partial charge in [0.05, 0.1) is 24.0 Å². The lowest BCUT2D eigenvalue weighted by atomic mass is 9.83. The SMILES string of the molecule is CN=C[C@H]1C[C@@H](O)CC[C@@H]1n1cc(C(N)=O)c(Nc2ccc(C(F)(F)F)nc2)n1. The number of hydrogen-bond acceptors (Lipinski definition) is 6. The molecule has 4 N–H and O–H groups in total. The Kier molecular flexibility index (Phi) is 5.87. The van der Waals surface area contributed by atoms with E-state index in [-0.39, 0.29) is 29.0 Å². The predicted octanol–water partition coefficient (Wildman–Crippen LogP) is 2.54. The van der Waals surface area contributed by atoms with Gasteiger partial charge in [0.25, 0.3) is 5.91 Å². The van der Waals surface area contributed by atoms with Crippen molar-refractivity contribution in [3.05, 3.63) is 35.8 Å². The molecule has 1 saturated carbocycles. The highest BCUT2D eigenvalue weighted by Gasteiger charge is 2.33. The van der Waals surface area contributed by atoms with E-state index in [0.717, 1.165) is 12.3 Å². The summed E-state index contributed by atoms with van der Waals surface area (Å²) in [7, 11) is 1.64. The van der Waals surface area contributed by atoms with E-state index in [0.29, 0.717) is 19.3 Å². The summed E-state index contributed by atoms with van der Waals surface area (Å²) >= 11 is 0. The Morgan fingerprint density at radius 2 is 2.17 bits per heavy atom. The summed E-state index contributed by atoms with van der Waals surface area (Å²) in [5, 5.41) is 17.1. The second-order valence-electron chi connectivity index (χ2n) is 6.90. The standard InChI is InChI=1S/C18H21F3N6O2/c1-23-7-10-6-12(28)3-4-14(10)27-9-13(16(22)29)17(26-27)25-11-2-5-15(24-8-11)18(19,20)21/h2,5,7-10,12,14,28H,3-4,6H2,1H3,(H2,22,29)(H,25,26)/t10-,12+,14+/m1/s1. The molecular formula is C18H21F3N6O2. The summed E-state index contributed by atoms with van der Waals surface area (Å²) in [5.41, 5.74) is 4.76. The van der Waals surface area contributed by atoms with Crippen LogP contribution in [0, 0.1) is 5.92 Å². The maximum atomic E-state index is 12.7. The number of hydrogen-bond donors (Lipinski definition) is 3. The fourth-order valence-corrected chi connectivity index (χ4v) is 3.45. The minimum absolute atomic E-state index is 0.0787. The number of alkyl halides is 3. The van der Waals surface area contributed by atoms with E-state index >= 15 is 0 Å². The van der Waals surface area contributed by atoms with Gasteiger partial charge >= 0.3 is 6.18 Å². The van der Waals surface area contributed by atoms with Crippen molar-refractivity contribution < 1.29 is 23.1 Å². The molecule has 0 saturated heterocycles. The summed E-state index contributed by atoms with van der Waals surface area (Å²) in [6.07, 6.45) is 0.994. The van der Waals surface area contributed by atoms with Gasteiger partial charge in [-0.3, -0.25) is 9.48 Å². The average Bonchev–Trinajstić information content (AvgIpc) is 3.05. The lowest BCUT2D eigenvalue weighted by Crippen LogP contribution is -2.31. The Bertz CT molecular complexity index is 894. The predicted molar refractivity (Wildman–Crippen MR) is 100 cm³/mol. The van der Waals surface area contributed by atoms with Gasteiger partial charge in [-0.1, -0.05) is 0 Å². The molecule has 2 aromatic rings. The van der Waals surface area contributed by atoms with Crippen molar-refractivity contribution in [1.29, 1.82) is 0 Å². The van der Waals surface area contributed by atoms with Crippen LogP contribution in [-0.4, -0.2) is 45.1 Å². The number of aliphatic imine (C=N–C) groups is 1. The van der Waals surface area contributed by atoms with Crippen LogP contribution in [0.15, 0.2) is 29.5 Å². The first-order valence-corrected chi connectivity index (χ1v) is 8.98. The van der Waals surface area contributed by atoms with Crippen LogP contribution in [0.3, 0.4) is 0 Å². The van der Waals surface area contributed by atoms with Crippen LogP contribution in [0.4, 0.5) is 24.7 Å². The average molecular weight is 410 g/mol. The molecule has 0 aromatic carbocycles. The van der Waals surface area contributed by atoms with Crippen molar-refractivity contribution in [2.75, 3.05) is 12.4 Å². The van der Waals surface area contributed by atoms with Gasteiger partial charge in [0, 0.05) is 25.4 Å². The third-order valence-electron chi connectivity index (χ3n) is 4.83. The molecule has 3 atom stereocenters. The maximum Gasteiger partial charge on any atom is 0.433 e. The minimum atomic E-state index is -4.54. The molecule has 1 aliphatic carbocycles. The van der Waals surface area contributed by atoms with E-state index in [1.54, 1.807) is 17.9 Å². The zero-order chi connectivity index (χ0) is 21.2. The molecule has 2 aromatic heterocycles. The molecule has 2 heterocycles. The summed E-state index contributed by atoms with van der Waals surface area (Å²) in [6, 6.07) is 1.89. The van der Waals surface area contributed by atoms with Crippen LogP contribution in [0.1, 0.15) is 41.4 Å². The highest BCUT2D eigenvalue weighted by molar-refractivity contribution is 5.98. The number of carbonyl (C=O) groups excluding carboxylic acids is 1. The van der Waals surface area contributed by atoms with Gasteiger partial charge < -0.3 is 21.1 Å². The van der Waals surface area contributed by atoms with E-state index in [1.807, 2.05) is 0 Å². The molecule has 0 spiro atoms. The normalized spacial score (nSPS) is 22.7. The summed E-state index contributed by atoms with van der Waals surface area (Å²) in [4.78, 5) is 19.3. The van der Waals surface area contributed by atoms with E-state index in [2.05, 4.69) is 20.4 Å².